The monoisotopic (exact) mass is 251 g/mol. The summed E-state index contributed by atoms with van der Waals surface area (Å²) in [6.45, 7) is 0. The van der Waals surface area contributed by atoms with E-state index in [2.05, 4.69) is 0 Å². The van der Waals surface area contributed by atoms with Crippen molar-refractivity contribution in [3.05, 3.63) is 72.6 Å². The van der Waals surface area contributed by atoms with Crippen molar-refractivity contribution >= 4 is 5.97 Å². The van der Waals surface area contributed by atoms with Gasteiger partial charge in [0.25, 0.3) is 0 Å². The maximum absolute atomic E-state index is 11.8. The highest BCUT2D eigenvalue weighted by atomic mass is 16.5. The molecular weight excluding hydrogens is 238 g/mol. The van der Waals surface area contributed by atoms with Crippen LogP contribution in [0.15, 0.2) is 72.6 Å². The zero-order chi connectivity index (χ0) is 13.1. The van der Waals surface area contributed by atoms with Gasteiger partial charge >= 0.3 is 5.97 Å². The molecule has 0 saturated carbocycles. The summed E-state index contributed by atoms with van der Waals surface area (Å²) >= 11 is 0. The quantitative estimate of drug-likeness (QED) is 0.619. The molecule has 0 fully saturated rings. The lowest BCUT2D eigenvalue weighted by atomic mass is 10.2. The number of hydrogen-bond donors (Lipinski definition) is 0. The second-order valence-electron chi connectivity index (χ2n) is 4.30. The first kappa shape index (κ1) is 11.5. The normalized spacial score (nSPS) is 13.4. The minimum Gasteiger partial charge on any atom is -0.423 e. The standard InChI is InChI=1S/C16H13NO2/c18-16(13-5-1-2-6-13)19-15-9-7-14(8-10-15)17-11-3-4-12-17/h1-5,7-12H,6H2. The number of rotatable bonds is 3. The first-order valence-corrected chi connectivity index (χ1v) is 6.14. The lowest BCUT2D eigenvalue weighted by Crippen LogP contribution is -2.09. The molecule has 3 nitrogen and oxygen atoms in total. The number of ether oxygens (including phenoxy) is 1. The van der Waals surface area contributed by atoms with Gasteiger partial charge in [0.2, 0.25) is 0 Å². The lowest BCUT2D eigenvalue weighted by molar-refractivity contribution is -0.130. The lowest BCUT2D eigenvalue weighted by Gasteiger charge is -2.06. The van der Waals surface area contributed by atoms with Gasteiger partial charge in [-0.1, -0.05) is 18.2 Å². The number of hydrogen-bond acceptors (Lipinski definition) is 2. The van der Waals surface area contributed by atoms with Crippen LogP contribution in [-0.2, 0) is 4.79 Å². The number of esters is 1. The average molecular weight is 251 g/mol. The Bertz CT molecular complexity index is 634. The van der Waals surface area contributed by atoms with Crippen molar-refractivity contribution in [1.29, 1.82) is 0 Å². The number of nitrogens with zero attached hydrogens (tertiary/aromatic N) is 1. The molecule has 0 bridgehead atoms. The first-order valence-electron chi connectivity index (χ1n) is 6.14. The molecule has 0 amide bonds. The van der Waals surface area contributed by atoms with Gasteiger partial charge in [-0.05, 0) is 42.8 Å². The fourth-order valence-corrected chi connectivity index (χ4v) is 1.96. The predicted octanol–water partition coefficient (Wildman–Crippen LogP) is 3.27. The summed E-state index contributed by atoms with van der Waals surface area (Å²) < 4.78 is 7.31. The largest absolute Gasteiger partial charge is 0.423 e. The molecule has 1 aliphatic carbocycles. The van der Waals surface area contributed by atoms with E-state index in [0.29, 0.717) is 17.7 Å². The Hall–Kier alpha value is -2.55. The molecule has 0 atom stereocenters. The van der Waals surface area contributed by atoms with Crippen LogP contribution in [0.4, 0.5) is 0 Å². The Morgan fingerprint density at radius 3 is 2.47 bits per heavy atom. The van der Waals surface area contributed by atoms with Crippen LogP contribution < -0.4 is 4.74 Å². The number of allylic oxidation sites excluding steroid dienone is 3. The zero-order valence-corrected chi connectivity index (χ0v) is 10.3. The Balaban J connectivity index is 1.71. The molecule has 1 aliphatic rings. The molecule has 19 heavy (non-hydrogen) atoms. The van der Waals surface area contributed by atoms with Crippen molar-refractivity contribution in [2.45, 2.75) is 6.42 Å². The summed E-state index contributed by atoms with van der Waals surface area (Å²) in [6, 6.07) is 11.4. The van der Waals surface area contributed by atoms with Crippen LogP contribution in [-0.4, -0.2) is 10.5 Å². The molecule has 1 aromatic heterocycles. The van der Waals surface area contributed by atoms with Crippen molar-refractivity contribution < 1.29 is 9.53 Å². The Labute approximate surface area is 111 Å². The molecule has 3 heteroatoms. The molecular formula is C16H13NO2. The van der Waals surface area contributed by atoms with Gasteiger partial charge in [0.1, 0.15) is 5.75 Å². The van der Waals surface area contributed by atoms with Crippen LogP contribution in [0.3, 0.4) is 0 Å². The van der Waals surface area contributed by atoms with Crippen LogP contribution in [0.2, 0.25) is 0 Å². The van der Waals surface area contributed by atoms with E-state index in [1.165, 1.54) is 0 Å². The van der Waals surface area contributed by atoms with E-state index in [9.17, 15) is 4.79 Å². The van der Waals surface area contributed by atoms with E-state index in [1.807, 2.05) is 53.4 Å². The Morgan fingerprint density at radius 1 is 1.11 bits per heavy atom. The van der Waals surface area contributed by atoms with Gasteiger partial charge in [0.05, 0.1) is 0 Å². The summed E-state index contributed by atoms with van der Waals surface area (Å²) in [5.74, 6) is 0.285. The van der Waals surface area contributed by atoms with Crippen molar-refractivity contribution in [2.75, 3.05) is 0 Å². The van der Waals surface area contributed by atoms with E-state index in [1.54, 1.807) is 18.2 Å². The van der Waals surface area contributed by atoms with Crippen molar-refractivity contribution in [3.63, 3.8) is 0 Å². The molecule has 0 radical (unpaired) electrons. The maximum atomic E-state index is 11.8. The smallest absolute Gasteiger partial charge is 0.339 e. The number of carbonyl (C=O) groups excluding carboxylic acids is 1. The van der Waals surface area contributed by atoms with Crippen LogP contribution in [0, 0.1) is 0 Å². The summed E-state index contributed by atoms with van der Waals surface area (Å²) in [4.78, 5) is 11.8. The van der Waals surface area contributed by atoms with E-state index in [4.69, 9.17) is 4.74 Å². The molecule has 0 unspecified atom stereocenters. The molecule has 0 spiro atoms. The predicted molar refractivity (Wildman–Crippen MR) is 73.2 cm³/mol. The third-order valence-corrected chi connectivity index (χ3v) is 2.98. The molecule has 94 valence electrons. The van der Waals surface area contributed by atoms with E-state index in [-0.39, 0.29) is 5.97 Å². The molecule has 1 heterocycles. The van der Waals surface area contributed by atoms with Gasteiger partial charge in [0.15, 0.2) is 0 Å². The third-order valence-electron chi connectivity index (χ3n) is 2.98. The highest BCUT2D eigenvalue weighted by Gasteiger charge is 2.12. The second kappa shape index (κ2) is 4.98. The Morgan fingerprint density at radius 2 is 1.84 bits per heavy atom. The summed E-state index contributed by atoms with van der Waals surface area (Å²) in [5.41, 5.74) is 1.72. The molecule has 0 aliphatic heterocycles. The van der Waals surface area contributed by atoms with Crippen LogP contribution >= 0.6 is 0 Å². The highest BCUT2D eigenvalue weighted by Crippen LogP contribution is 2.18. The Kier molecular flexibility index (Phi) is 3.02. The zero-order valence-electron chi connectivity index (χ0n) is 10.3. The van der Waals surface area contributed by atoms with E-state index < -0.39 is 0 Å². The number of benzene rings is 1. The minimum absolute atomic E-state index is 0.279. The molecule has 0 saturated heterocycles. The minimum atomic E-state index is -0.279. The molecule has 3 rings (SSSR count). The van der Waals surface area contributed by atoms with Crippen molar-refractivity contribution in [3.8, 4) is 11.4 Å². The van der Waals surface area contributed by atoms with Gasteiger partial charge < -0.3 is 9.30 Å². The van der Waals surface area contributed by atoms with Gasteiger partial charge in [-0.3, -0.25) is 0 Å². The van der Waals surface area contributed by atoms with Crippen LogP contribution in [0.1, 0.15) is 6.42 Å². The van der Waals surface area contributed by atoms with Gasteiger partial charge in [-0.2, -0.15) is 0 Å². The van der Waals surface area contributed by atoms with Crippen molar-refractivity contribution in [2.24, 2.45) is 0 Å². The van der Waals surface area contributed by atoms with E-state index in [0.717, 1.165) is 5.69 Å². The molecule has 1 aromatic carbocycles. The van der Waals surface area contributed by atoms with Gasteiger partial charge in [-0.15, -0.1) is 0 Å². The molecule has 0 N–H and O–H groups in total. The third kappa shape index (κ3) is 2.50. The SMILES string of the molecule is O=C(Oc1ccc(-n2cccc2)cc1)C1=CC=CC1. The topological polar surface area (TPSA) is 31.2 Å². The first-order chi connectivity index (χ1) is 9.33. The number of carbonyl (C=O) groups is 1. The highest BCUT2D eigenvalue weighted by molar-refractivity contribution is 5.91. The van der Waals surface area contributed by atoms with Gasteiger partial charge in [-0.25, -0.2) is 4.79 Å². The fraction of sp³-hybridized carbons (Fsp3) is 0.0625. The van der Waals surface area contributed by atoms with Crippen LogP contribution in [0.25, 0.3) is 5.69 Å². The van der Waals surface area contributed by atoms with Crippen molar-refractivity contribution in [1.82, 2.24) is 4.57 Å². The van der Waals surface area contributed by atoms with E-state index >= 15 is 0 Å². The maximum Gasteiger partial charge on any atom is 0.339 e. The summed E-state index contributed by atoms with van der Waals surface area (Å²) in [7, 11) is 0. The summed E-state index contributed by atoms with van der Waals surface area (Å²) in [6.07, 6.45) is 10.2. The van der Waals surface area contributed by atoms with Gasteiger partial charge in [0, 0.05) is 23.7 Å². The second-order valence-corrected chi connectivity index (χ2v) is 4.30. The number of aromatic nitrogens is 1. The van der Waals surface area contributed by atoms with Crippen LogP contribution in [0.5, 0.6) is 5.75 Å². The average Bonchev–Trinajstić information content (AvgIpc) is 3.13. The fourth-order valence-electron chi connectivity index (χ4n) is 1.96. The summed E-state index contributed by atoms with van der Waals surface area (Å²) in [5, 5.41) is 0. The molecule has 2 aromatic rings.